The van der Waals surface area contributed by atoms with E-state index < -0.39 is 0 Å². The Morgan fingerprint density at radius 2 is 2.19 bits per heavy atom. The van der Waals surface area contributed by atoms with Crippen LogP contribution in [0, 0.1) is 0 Å². The minimum atomic E-state index is -0.245. The summed E-state index contributed by atoms with van der Waals surface area (Å²) in [7, 11) is 0. The Bertz CT molecular complexity index is 241. The summed E-state index contributed by atoms with van der Waals surface area (Å²) in [5, 5.41) is 3.21. The number of likely N-dealkylation sites (tertiary alicyclic amines) is 1. The van der Waals surface area contributed by atoms with Gasteiger partial charge in [-0.15, -0.1) is 0 Å². The van der Waals surface area contributed by atoms with Crippen molar-refractivity contribution in [2.24, 2.45) is 0 Å². The maximum absolute atomic E-state index is 12.0. The van der Waals surface area contributed by atoms with Crippen molar-refractivity contribution in [3.8, 4) is 0 Å². The van der Waals surface area contributed by atoms with Gasteiger partial charge >= 0.3 is 0 Å². The minimum Gasteiger partial charge on any atom is -0.374 e. The highest BCUT2D eigenvalue weighted by atomic mass is 16.5. The Hall–Kier alpha value is -0.610. The number of ether oxygens (including phenoxy) is 1. The van der Waals surface area contributed by atoms with Crippen molar-refractivity contribution in [1.82, 2.24) is 10.2 Å². The zero-order valence-corrected chi connectivity index (χ0v) is 10.9. The average molecular weight is 228 g/mol. The zero-order valence-electron chi connectivity index (χ0n) is 10.9. The molecule has 4 nitrogen and oxygen atoms in total. The first-order valence-corrected chi connectivity index (χ1v) is 6.16. The highest BCUT2D eigenvalue weighted by molar-refractivity contribution is 5.84. The third kappa shape index (κ3) is 3.46. The molecule has 4 heteroatoms. The third-order valence-electron chi connectivity index (χ3n) is 2.85. The largest absolute Gasteiger partial charge is 0.374 e. The highest BCUT2D eigenvalue weighted by Gasteiger charge is 2.34. The predicted octanol–water partition coefficient (Wildman–Crippen LogP) is 1.01. The SMILES string of the molecule is CCNC1CCN(CC(C)(C)OCC)C1=O. The van der Waals surface area contributed by atoms with E-state index in [1.54, 1.807) is 0 Å². The molecule has 94 valence electrons. The smallest absolute Gasteiger partial charge is 0.239 e. The fourth-order valence-corrected chi connectivity index (χ4v) is 2.23. The van der Waals surface area contributed by atoms with Crippen LogP contribution >= 0.6 is 0 Å². The van der Waals surface area contributed by atoms with Gasteiger partial charge in [0.05, 0.1) is 11.6 Å². The summed E-state index contributed by atoms with van der Waals surface area (Å²) in [6, 6.07) is 0.0161. The van der Waals surface area contributed by atoms with Crippen LogP contribution in [0.1, 0.15) is 34.1 Å². The maximum atomic E-state index is 12.0. The second kappa shape index (κ2) is 5.64. The van der Waals surface area contributed by atoms with Crippen LogP contribution in [0.15, 0.2) is 0 Å². The van der Waals surface area contributed by atoms with Gasteiger partial charge in [0.25, 0.3) is 0 Å². The van der Waals surface area contributed by atoms with Crippen molar-refractivity contribution in [3.63, 3.8) is 0 Å². The van der Waals surface area contributed by atoms with Crippen molar-refractivity contribution in [2.75, 3.05) is 26.2 Å². The van der Waals surface area contributed by atoms with Gasteiger partial charge in [0.15, 0.2) is 0 Å². The standard InChI is InChI=1S/C12H24N2O2/c1-5-13-10-7-8-14(11(10)15)9-12(3,4)16-6-2/h10,13H,5-9H2,1-4H3. The molecule has 0 aromatic rings. The van der Waals surface area contributed by atoms with E-state index in [1.807, 2.05) is 32.6 Å². The lowest BCUT2D eigenvalue weighted by atomic mass is 10.1. The van der Waals surface area contributed by atoms with Gasteiger partial charge in [-0.3, -0.25) is 4.79 Å². The molecular formula is C12H24N2O2. The van der Waals surface area contributed by atoms with Crippen LogP contribution in [0.25, 0.3) is 0 Å². The Kier molecular flexibility index (Phi) is 4.74. The molecule has 1 amide bonds. The first kappa shape index (κ1) is 13.5. The lowest BCUT2D eigenvalue weighted by molar-refractivity contribution is -0.133. The van der Waals surface area contributed by atoms with Crippen LogP contribution in [0.3, 0.4) is 0 Å². The molecule has 0 aliphatic carbocycles. The van der Waals surface area contributed by atoms with Crippen LogP contribution in [0.2, 0.25) is 0 Å². The summed E-state index contributed by atoms with van der Waals surface area (Å²) >= 11 is 0. The van der Waals surface area contributed by atoms with Crippen LogP contribution in [0.4, 0.5) is 0 Å². The number of amides is 1. The van der Waals surface area contributed by atoms with Crippen molar-refractivity contribution >= 4 is 5.91 Å². The number of rotatable bonds is 6. The summed E-state index contributed by atoms with van der Waals surface area (Å²) in [4.78, 5) is 13.9. The quantitative estimate of drug-likeness (QED) is 0.738. The Morgan fingerprint density at radius 3 is 2.75 bits per heavy atom. The van der Waals surface area contributed by atoms with Gasteiger partial charge < -0.3 is 15.0 Å². The summed E-state index contributed by atoms with van der Waals surface area (Å²) in [5.41, 5.74) is -0.245. The first-order chi connectivity index (χ1) is 7.50. The van der Waals surface area contributed by atoms with Gasteiger partial charge in [-0.05, 0) is 33.7 Å². The van der Waals surface area contributed by atoms with Crippen molar-refractivity contribution in [3.05, 3.63) is 0 Å². The molecule has 1 fully saturated rings. The van der Waals surface area contributed by atoms with E-state index in [9.17, 15) is 4.79 Å². The Morgan fingerprint density at radius 1 is 1.50 bits per heavy atom. The summed E-state index contributed by atoms with van der Waals surface area (Å²) in [5.74, 6) is 0.217. The van der Waals surface area contributed by atoms with Gasteiger partial charge in [0.2, 0.25) is 5.91 Å². The molecule has 16 heavy (non-hydrogen) atoms. The van der Waals surface area contributed by atoms with Gasteiger partial charge in [-0.25, -0.2) is 0 Å². The number of hydrogen-bond donors (Lipinski definition) is 1. The molecule has 0 aromatic carbocycles. The van der Waals surface area contributed by atoms with Crippen LogP contribution in [0.5, 0.6) is 0 Å². The number of hydrogen-bond acceptors (Lipinski definition) is 3. The number of likely N-dealkylation sites (N-methyl/N-ethyl adjacent to an activating group) is 1. The molecule has 1 aliphatic heterocycles. The maximum Gasteiger partial charge on any atom is 0.239 e. The molecule has 0 bridgehead atoms. The average Bonchev–Trinajstić information content (AvgIpc) is 2.50. The summed E-state index contributed by atoms with van der Waals surface area (Å²) < 4.78 is 5.62. The van der Waals surface area contributed by atoms with Crippen molar-refractivity contribution in [1.29, 1.82) is 0 Å². The normalized spacial score (nSPS) is 21.9. The molecule has 1 aliphatic rings. The van der Waals surface area contributed by atoms with E-state index in [-0.39, 0.29) is 17.6 Å². The second-order valence-electron chi connectivity index (χ2n) is 4.85. The Labute approximate surface area is 98.3 Å². The van der Waals surface area contributed by atoms with E-state index in [0.29, 0.717) is 13.2 Å². The number of carbonyl (C=O) groups excluding carboxylic acids is 1. The molecule has 1 saturated heterocycles. The molecule has 0 spiro atoms. The monoisotopic (exact) mass is 228 g/mol. The first-order valence-electron chi connectivity index (χ1n) is 6.16. The molecule has 1 N–H and O–H groups in total. The molecule has 0 saturated carbocycles. The topological polar surface area (TPSA) is 41.6 Å². The second-order valence-corrected chi connectivity index (χ2v) is 4.85. The van der Waals surface area contributed by atoms with Crippen molar-refractivity contribution in [2.45, 2.75) is 45.8 Å². The number of nitrogens with zero attached hydrogens (tertiary/aromatic N) is 1. The zero-order chi connectivity index (χ0) is 12.2. The third-order valence-corrected chi connectivity index (χ3v) is 2.85. The van der Waals surface area contributed by atoms with E-state index in [4.69, 9.17) is 4.74 Å². The fourth-order valence-electron chi connectivity index (χ4n) is 2.23. The molecule has 0 aromatic heterocycles. The van der Waals surface area contributed by atoms with Crippen molar-refractivity contribution < 1.29 is 9.53 Å². The molecular weight excluding hydrogens is 204 g/mol. The summed E-state index contributed by atoms with van der Waals surface area (Å²) in [6.07, 6.45) is 0.912. The molecule has 1 rings (SSSR count). The molecule has 1 unspecified atom stereocenters. The fraction of sp³-hybridized carbons (Fsp3) is 0.917. The van der Waals surface area contributed by atoms with E-state index in [1.165, 1.54) is 0 Å². The predicted molar refractivity (Wildman–Crippen MR) is 64.4 cm³/mol. The van der Waals surface area contributed by atoms with Crippen LogP contribution in [-0.2, 0) is 9.53 Å². The van der Waals surface area contributed by atoms with E-state index in [0.717, 1.165) is 19.5 Å². The van der Waals surface area contributed by atoms with E-state index in [2.05, 4.69) is 5.32 Å². The van der Waals surface area contributed by atoms with Gasteiger partial charge in [-0.1, -0.05) is 6.92 Å². The van der Waals surface area contributed by atoms with Gasteiger partial charge in [0, 0.05) is 19.7 Å². The molecule has 0 radical (unpaired) electrons. The lowest BCUT2D eigenvalue weighted by Gasteiger charge is -2.30. The summed E-state index contributed by atoms with van der Waals surface area (Å²) in [6.45, 7) is 11.1. The van der Waals surface area contributed by atoms with Crippen LogP contribution < -0.4 is 5.32 Å². The van der Waals surface area contributed by atoms with E-state index >= 15 is 0 Å². The number of nitrogens with one attached hydrogen (secondary N) is 1. The molecule has 1 heterocycles. The number of carbonyl (C=O) groups is 1. The Balaban J connectivity index is 2.48. The molecule has 1 atom stereocenters. The lowest BCUT2D eigenvalue weighted by Crippen LogP contribution is -2.45. The van der Waals surface area contributed by atoms with Gasteiger partial charge in [-0.2, -0.15) is 0 Å². The highest BCUT2D eigenvalue weighted by Crippen LogP contribution is 2.17. The van der Waals surface area contributed by atoms with Gasteiger partial charge in [0.1, 0.15) is 0 Å². The van der Waals surface area contributed by atoms with Crippen LogP contribution in [-0.4, -0.2) is 48.7 Å². The minimum absolute atomic E-state index is 0.0161.